The molecule has 3 aliphatic heterocycles. The molecule has 7 aliphatic rings. The molecule has 4 fully saturated rings. The van der Waals surface area contributed by atoms with Gasteiger partial charge in [-0.2, -0.15) is 0 Å². The maximum atomic E-state index is 7.03. The summed E-state index contributed by atoms with van der Waals surface area (Å²) in [6, 6.07) is 51.5. The lowest BCUT2D eigenvalue weighted by Crippen LogP contribution is -2.87. The molecule has 0 N–H and O–H groups in total. The van der Waals surface area contributed by atoms with Gasteiger partial charge in [0.1, 0.15) is 11.5 Å². The number of nitrogens with zero attached hydrogens (tertiary/aromatic N) is 1. The lowest BCUT2D eigenvalue weighted by Gasteiger charge is -2.57. The SMILES string of the molecule is Cc1cc2c3c(c1)N(c1ccc(C45CC6CC(CC(C6)C4)C5)cc1)c1cccc4c1B3c1c(cccc1[Si]4(c1ccccc1)c1ccccc1)O2. The van der Waals surface area contributed by atoms with Crippen molar-refractivity contribution in [2.45, 2.75) is 50.9 Å². The average Bonchev–Trinajstić information content (AvgIpc) is 3.15. The van der Waals surface area contributed by atoms with Crippen molar-refractivity contribution in [3.63, 3.8) is 0 Å². The Labute approximate surface area is 302 Å². The van der Waals surface area contributed by atoms with Crippen molar-refractivity contribution in [3.05, 3.63) is 145 Å². The van der Waals surface area contributed by atoms with Crippen molar-refractivity contribution < 1.29 is 4.74 Å². The summed E-state index contributed by atoms with van der Waals surface area (Å²) in [5, 5.41) is 5.80. The van der Waals surface area contributed by atoms with Crippen molar-refractivity contribution in [1.29, 1.82) is 0 Å². The Balaban J connectivity index is 1.12. The number of benzene rings is 6. The van der Waals surface area contributed by atoms with Gasteiger partial charge in [-0.05, 0) is 153 Å². The molecule has 4 saturated carbocycles. The van der Waals surface area contributed by atoms with Gasteiger partial charge in [0.15, 0.2) is 8.07 Å². The molecule has 0 radical (unpaired) electrons. The van der Waals surface area contributed by atoms with E-state index in [1.807, 2.05) is 0 Å². The molecule has 0 spiro atoms. The Kier molecular flexibility index (Phi) is 5.75. The van der Waals surface area contributed by atoms with E-state index >= 15 is 0 Å². The monoisotopic (exact) mass is 673 g/mol. The van der Waals surface area contributed by atoms with Crippen LogP contribution < -0.4 is 46.8 Å². The number of anilines is 3. The zero-order chi connectivity index (χ0) is 33.5. The van der Waals surface area contributed by atoms with Crippen LogP contribution in [-0.2, 0) is 5.41 Å². The molecule has 0 atom stereocenters. The third kappa shape index (κ3) is 3.74. The topological polar surface area (TPSA) is 12.5 Å². The summed E-state index contributed by atoms with van der Waals surface area (Å²) < 4.78 is 7.03. The van der Waals surface area contributed by atoms with Gasteiger partial charge in [0.05, 0.1) is 0 Å². The van der Waals surface area contributed by atoms with E-state index in [9.17, 15) is 0 Å². The second kappa shape index (κ2) is 10.2. The number of rotatable bonds is 4. The highest BCUT2D eigenvalue weighted by Gasteiger charge is 2.56. The summed E-state index contributed by atoms with van der Waals surface area (Å²) in [5.41, 5.74) is 11.2. The quantitative estimate of drug-likeness (QED) is 0.197. The molecule has 0 aromatic heterocycles. The fourth-order valence-corrected chi connectivity index (χ4v) is 17.9. The van der Waals surface area contributed by atoms with Crippen molar-refractivity contribution in [2.75, 3.05) is 4.90 Å². The van der Waals surface area contributed by atoms with E-state index < -0.39 is 8.07 Å². The van der Waals surface area contributed by atoms with Crippen LogP contribution >= 0.6 is 0 Å². The van der Waals surface area contributed by atoms with Crippen LogP contribution in [0.15, 0.2) is 133 Å². The Morgan fingerprint density at radius 3 is 1.84 bits per heavy atom. The minimum absolute atomic E-state index is 0.123. The van der Waals surface area contributed by atoms with Crippen LogP contribution in [0.1, 0.15) is 49.7 Å². The summed E-state index contributed by atoms with van der Waals surface area (Å²) in [4.78, 5) is 2.59. The first-order valence-corrected chi connectivity index (χ1v) is 21.2. The summed E-state index contributed by atoms with van der Waals surface area (Å²) in [6.45, 7) is 2.34. The van der Waals surface area contributed by atoms with E-state index in [4.69, 9.17) is 4.74 Å². The maximum Gasteiger partial charge on any atom is 0.256 e. The van der Waals surface area contributed by atoms with Gasteiger partial charge in [-0.3, -0.25) is 0 Å². The predicted octanol–water partition coefficient (Wildman–Crippen LogP) is 6.56. The molecule has 246 valence electrons. The van der Waals surface area contributed by atoms with Gasteiger partial charge in [-0.15, -0.1) is 0 Å². The molecular weight excluding hydrogens is 633 g/mol. The highest BCUT2D eigenvalue weighted by Crippen LogP contribution is 2.61. The molecule has 4 aliphatic carbocycles. The molecule has 6 aromatic rings. The summed E-state index contributed by atoms with van der Waals surface area (Å²) in [6.07, 6.45) is 8.62. The Morgan fingerprint density at radius 2 is 1.20 bits per heavy atom. The Morgan fingerprint density at radius 1 is 0.588 bits per heavy atom. The summed E-state index contributed by atoms with van der Waals surface area (Å²) in [7, 11) is -2.75. The lowest BCUT2D eigenvalue weighted by atomic mass is 9.34. The standard InChI is InChI=1S/C47H40BNOSi/c1-30-22-39-44-41(23-30)50-40-15-9-17-43-46(40)48(44)45-38(14-8-16-42(45)51(43,36-10-4-2-5-11-36)37-12-6-3-7-13-37)49(39)35-20-18-34(19-21-35)47-27-31-24-32(28-47)26-33(25-31)29-47/h2-23,31-33H,24-29H2,1H3. The number of ether oxygens (including phenoxy) is 1. The van der Waals surface area contributed by atoms with Gasteiger partial charge < -0.3 is 9.64 Å². The fraction of sp³-hybridized carbons (Fsp3) is 0.234. The van der Waals surface area contributed by atoms with Crippen LogP contribution in [-0.4, -0.2) is 14.8 Å². The molecular formula is C47H40BNOSi. The number of hydrogen-bond donors (Lipinski definition) is 0. The first-order valence-electron chi connectivity index (χ1n) is 19.2. The van der Waals surface area contributed by atoms with Gasteiger partial charge in [0, 0.05) is 17.1 Å². The van der Waals surface area contributed by atoms with Crippen LogP contribution in [0.4, 0.5) is 17.1 Å². The minimum atomic E-state index is -2.75. The predicted molar refractivity (Wildman–Crippen MR) is 214 cm³/mol. The summed E-state index contributed by atoms with van der Waals surface area (Å²) >= 11 is 0. The lowest BCUT2D eigenvalue weighted by molar-refractivity contribution is -0.00518. The van der Waals surface area contributed by atoms with Gasteiger partial charge in [-0.1, -0.05) is 97.1 Å². The van der Waals surface area contributed by atoms with Gasteiger partial charge in [-0.25, -0.2) is 0 Å². The molecule has 51 heavy (non-hydrogen) atoms. The third-order valence-electron chi connectivity index (χ3n) is 14.0. The van der Waals surface area contributed by atoms with Crippen molar-refractivity contribution >= 4 is 69.0 Å². The molecule has 0 unspecified atom stereocenters. The zero-order valence-corrected chi connectivity index (χ0v) is 30.1. The van der Waals surface area contributed by atoms with E-state index in [2.05, 4.69) is 145 Å². The van der Waals surface area contributed by atoms with Crippen LogP contribution in [0, 0.1) is 24.7 Å². The van der Waals surface area contributed by atoms with Crippen LogP contribution in [0.2, 0.25) is 0 Å². The van der Waals surface area contributed by atoms with Crippen LogP contribution in [0.5, 0.6) is 11.5 Å². The molecule has 0 saturated heterocycles. The second-order valence-electron chi connectivity index (χ2n) is 16.7. The van der Waals surface area contributed by atoms with E-state index in [0.717, 1.165) is 29.3 Å². The molecule has 4 bridgehead atoms. The van der Waals surface area contributed by atoms with Crippen molar-refractivity contribution in [3.8, 4) is 11.5 Å². The number of hydrogen-bond acceptors (Lipinski definition) is 2. The fourth-order valence-electron chi connectivity index (χ4n) is 12.6. The number of aryl methyl sites for hydroxylation is 1. The summed E-state index contributed by atoms with van der Waals surface area (Å²) in [5.74, 6) is 4.84. The molecule has 2 nitrogen and oxygen atoms in total. The van der Waals surface area contributed by atoms with Gasteiger partial charge >= 0.3 is 0 Å². The molecule has 4 heteroatoms. The molecule has 3 heterocycles. The Hall–Kier alpha value is -4.80. The zero-order valence-electron chi connectivity index (χ0n) is 29.1. The maximum absolute atomic E-state index is 7.03. The van der Waals surface area contributed by atoms with Gasteiger partial charge in [0.25, 0.3) is 6.71 Å². The van der Waals surface area contributed by atoms with Gasteiger partial charge in [0.2, 0.25) is 0 Å². The Bertz CT molecular complexity index is 2330. The average molecular weight is 674 g/mol. The highest BCUT2D eigenvalue weighted by atomic mass is 28.3. The second-order valence-corrected chi connectivity index (χ2v) is 20.5. The highest BCUT2D eigenvalue weighted by molar-refractivity contribution is 7.27. The van der Waals surface area contributed by atoms with E-state index in [-0.39, 0.29) is 6.71 Å². The van der Waals surface area contributed by atoms with Crippen molar-refractivity contribution in [1.82, 2.24) is 0 Å². The van der Waals surface area contributed by atoms with Crippen LogP contribution in [0.3, 0.4) is 0 Å². The van der Waals surface area contributed by atoms with Crippen LogP contribution in [0.25, 0.3) is 0 Å². The first kappa shape index (κ1) is 28.9. The smallest absolute Gasteiger partial charge is 0.256 e. The molecule has 6 aromatic carbocycles. The van der Waals surface area contributed by atoms with E-state index in [1.165, 1.54) is 98.3 Å². The van der Waals surface area contributed by atoms with E-state index in [0.29, 0.717) is 5.41 Å². The van der Waals surface area contributed by atoms with Crippen molar-refractivity contribution in [2.24, 2.45) is 17.8 Å². The van der Waals surface area contributed by atoms with E-state index in [1.54, 1.807) is 5.56 Å². The first-order chi connectivity index (χ1) is 25.1. The molecule has 13 rings (SSSR count). The molecule has 0 amide bonds. The normalized spacial score (nSPS) is 25.0. The largest absolute Gasteiger partial charge is 0.458 e. The minimum Gasteiger partial charge on any atom is -0.458 e. The third-order valence-corrected chi connectivity index (χ3v) is 18.9.